The van der Waals surface area contributed by atoms with Crippen LogP contribution in [-0.4, -0.2) is 53.3 Å². The quantitative estimate of drug-likeness (QED) is 0.168. The van der Waals surface area contributed by atoms with Gasteiger partial charge >= 0.3 is 37.7 Å². The molecule has 0 radical (unpaired) electrons. The third-order valence-corrected chi connectivity index (χ3v) is 0.0333. The van der Waals surface area contributed by atoms with Crippen LogP contribution in [0.4, 0.5) is 0 Å². The fourth-order valence-electron chi connectivity index (χ4n) is 0. The van der Waals surface area contributed by atoms with E-state index in [2.05, 4.69) is 4.99 Å². The Kier molecular flexibility index (Phi) is 27.7. The Balaban J connectivity index is -0.0000000720. The summed E-state index contributed by atoms with van der Waals surface area (Å²) in [5, 5.41) is 22.1. The van der Waals surface area contributed by atoms with E-state index in [9.17, 15) is 0 Å². The Hall–Kier alpha value is -0.180. The number of hydrogen-bond acceptors (Lipinski definition) is 6. The van der Waals surface area contributed by atoms with Gasteiger partial charge in [0.1, 0.15) is 0 Å². The van der Waals surface area contributed by atoms with Crippen LogP contribution in [-0.2, 0) is 4.99 Å². The van der Waals surface area contributed by atoms with Crippen LogP contribution in [0, 0.1) is 15.0 Å². The van der Waals surface area contributed by atoms with Crippen LogP contribution in [0.3, 0.4) is 0 Å². The molecule has 9 heteroatoms. The van der Waals surface area contributed by atoms with Gasteiger partial charge in [-0.3, -0.25) is 0 Å². The van der Waals surface area contributed by atoms with Crippen LogP contribution in [0.2, 0.25) is 0 Å². The van der Waals surface area contributed by atoms with Gasteiger partial charge in [0.15, 0.2) is 5.34 Å². The summed E-state index contributed by atoms with van der Waals surface area (Å²) in [6.07, 6.45) is 0. The fourth-order valence-corrected chi connectivity index (χ4v) is 0. The molecule has 0 aromatic heterocycles. The Labute approximate surface area is 78.4 Å². The van der Waals surface area contributed by atoms with E-state index in [4.69, 9.17) is 25.5 Å². The van der Waals surface area contributed by atoms with Crippen LogP contribution in [0.25, 0.3) is 0 Å². The van der Waals surface area contributed by atoms with Crippen molar-refractivity contribution >= 4 is 37.7 Å². The Morgan fingerprint density at radius 3 is 1.78 bits per heavy atom. The van der Waals surface area contributed by atoms with Gasteiger partial charge in [-0.2, -0.15) is 10.2 Å². The predicted octanol–water partition coefficient (Wildman–Crippen LogP) is -1.11. The van der Waals surface area contributed by atoms with Crippen LogP contribution in [0.1, 0.15) is 0 Å². The zero-order valence-corrected chi connectivity index (χ0v) is 3.42. The van der Waals surface area contributed by atoms with E-state index in [1.54, 1.807) is 5.34 Å². The van der Waals surface area contributed by atoms with Crippen molar-refractivity contribution in [2.75, 3.05) is 0 Å². The van der Waals surface area contributed by atoms with Gasteiger partial charge in [-0.1, -0.05) is 0 Å². The molecule has 0 aromatic carbocycles. The first kappa shape index (κ1) is 15.9. The van der Waals surface area contributed by atoms with Crippen LogP contribution in [0.5, 0.6) is 0 Å². The van der Waals surface area contributed by atoms with Crippen molar-refractivity contribution in [1.82, 2.24) is 0 Å². The summed E-state index contributed by atoms with van der Waals surface area (Å²) < 4.78 is 0. The van der Waals surface area contributed by atoms with Gasteiger partial charge in [-0.15, -0.1) is 15.0 Å². The molecule has 0 amide bonds. The van der Waals surface area contributed by atoms with E-state index in [-0.39, 0.29) is 37.7 Å². The molecule has 52 valence electrons. The molecule has 0 aliphatic heterocycles. The van der Waals surface area contributed by atoms with E-state index in [0.717, 1.165) is 0 Å². The van der Waals surface area contributed by atoms with Gasteiger partial charge < -0.3 is 5.21 Å². The number of hydrogen-bond donors (Lipinski definition) is 2. The average molecular weight is 168 g/mol. The van der Waals surface area contributed by atoms with Crippen molar-refractivity contribution in [3.05, 3.63) is 15.0 Å². The van der Waals surface area contributed by atoms with Gasteiger partial charge in [0.05, 0.1) is 0 Å². The Morgan fingerprint density at radius 2 is 1.78 bits per heavy atom. The zero-order chi connectivity index (χ0) is 6.99. The van der Waals surface area contributed by atoms with Crippen molar-refractivity contribution in [3.8, 4) is 0 Å². The minimum atomic E-state index is -1.50. The monoisotopic (exact) mass is 168 g/mol. The first-order valence-corrected chi connectivity index (χ1v) is 1.11. The van der Waals surface area contributed by atoms with Gasteiger partial charge in [0.2, 0.25) is 0 Å². The molecule has 0 heterocycles. The van der Waals surface area contributed by atoms with Crippen LogP contribution < -0.4 is 0 Å². The summed E-state index contributed by atoms with van der Waals surface area (Å²) in [4.78, 5) is 19.4. The molecule has 0 unspecified atom stereocenters. The van der Waals surface area contributed by atoms with E-state index >= 15 is 0 Å². The second-order valence-electron chi connectivity index (χ2n) is 0.394. The van der Waals surface area contributed by atoms with Gasteiger partial charge in [0.25, 0.3) is 5.09 Å². The molecule has 0 saturated carbocycles. The molecular formula is H4CaN2O6. The SMILES string of the molecule is O=NOO.O=[N+]([O-])O.[CaH2]. The summed E-state index contributed by atoms with van der Waals surface area (Å²) in [5.41, 5.74) is 0. The molecule has 0 bridgehead atoms. The molecule has 8 nitrogen and oxygen atoms in total. The van der Waals surface area contributed by atoms with E-state index in [0.29, 0.717) is 0 Å². The second kappa shape index (κ2) is 15.7. The summed E-state index contributed by atoms with van der Waals surface area (Å²) >= 11 is 0. The van der Waals surface area contributed by atoms with E-state index in [1.807, 2.05) is 0 Å². The van der Waals surface area contributed by atoms with Crippen LogP contribution >= 0.6 is 0 Å². The summed E-state index contributed by atoms with van der Waals surface area (Å²) in [6.45, 7) is 0. The summed E-state index contributed by atoms with van der Waals surface area (Å²) in [7, 11) is 0. The van der Waals surface area contributed by atoms with E-state index in [1.165, 1.54) is 0 Å². The molecule has 0 aliphatic rings. The summed E-state index contributed by atoms with van der Waals surface area (Å²) in [5.74, 6) is 0. The maximum absolute atomic E-state index is 8.45. The first-order valence-electron chi connectivity index (χ1n) is 1.11. The molecule has 0 saturated heterocycles. The average Bonchev–Trinajstić information content (AvgIpc) is 1.65. The molecule has 0 fully saturated rings. The fraction of sp³-hybridized carbons (Fsp3) is 0. The second-order valence-corrected chi connectivity index (χ2v) is 0.394. The first-order chi connectivity index (χ1) is 3.65. The summed E-state index contributed by atoms with van der Waals surface area (Å²) in [6, 6.07) is 0. The molecule has 0 spiro atoms. The zero-order valence-electron chi connectivity index (χ0n) is 3.42. The molecule has 9 heavy (non-hydrogen) atoms. The molecular weight excluding hydrogens is 164 g/mol. The Bertz CT molecular complexity index is 67.5. The molecule has 2 N–H and O–H groups in total. The Morgan fingerprint density at radius 1 is 1.67 bits per heavy atom. The third-order valence-electron chi connectivity index (χ3n) is 0.0333. The van der Waals surface area contributed by atoms with Crippen molar-refractivity contribution < 1.29 is 20.5 Å². The minimum absolute atomic E-state index is 0. The van der Waals surface area contributed by atoms with Crippen LogP contribution in [0.15, 0.2) is 5.34 Å². The standard InChI is InChI=1S/Ca.2HNO3.2H/c;2-1-4-3;2-1(3)4;;/h;3H;(H,2,3,4);;. The topological polar surface area (TPSA) is 122 Å². The normalized spacial score (nSPS) is 5.00. The van der Waals surface area contributed by atoms with Gasteiger partial charge in [-0.25, -0.2) is 0 Å². The van der Waals surface area contributed by atoms with Gasteiger partial charge in [-0.05, 0) is 0 Å². The molecule has 0 atom stereocenters. The third kappa shape index (κ3) is 394. The van der Waals surface area contributed by atoms with Crippen molar-refractivity contribution in [3.63, 3.8) is 0 Å². The van der Waals surface area contributed by atoms with Crippen molar-refractivity contribution in [2.24, 2.45) is 5.34 Å². The predicted molar refractivity (Wildman–Crippen MR) is 26.8 cm³/mol. The molecule has 0 aromatic rings. The van der Waals surface area contributed by atoms with Crippen molar-refractivity contribution in [1.29, 1.82) is 0 Å². The molecule has 0 aliphatic carbocycles. The van der Waals surface area contributed by atoms with E-state index < -0.39 is 5.09 Å². The number of nitrogens with zero attached hydrogens (tertiary/aromatic N) is 2. The van der Waals surface area contributed by atoms with Gasteiger partial charge in [0, 0.05) is 0 Å². The van der Waals surface area contributed by atoms with Crippen molar-refractivity contribution in [2.45, 2.75) is 0 Å². The molecule has 0 rings (SSSR count). The number of rotatable bonds is 1. The maximum atomic E-state index is 8.45.